The van der Waals surface area contributed by atoms with Crippen LogP contribution in [0.1, 0.15) is 49.9 Å². The van der Waals surface area contributed by atoms with E-state index in [1.807, 2.05) is 6.07 Å². The number of para-hydroxylation sites is 2. The second-order valence-electron chi connectivity index (χ2n) is 11.4. The normalized spacial score (nSPS) is 16.2. The Hall–Kier alpha value is -4.04. The van der Waals surface area contributed by atoms with Crippen LogP contribution in [0.25, 0.3) is 55.7 Å². The van der Waals surface area contributed by atoms with Gasteiger partial charge in [0.15, 0.2) is 0 Å². The fraction of sp³-hybridized carbons (Fsp3) is 0.176. The summed E-state index contributed by atoms with van der Waals surface area (Å²) in [4.78, 5) is 0. The number of hydrogen-bond acceptors (Lipinski definition) is 2. The van der Waals surface area contributed by atoms with Crippen molar-refractivity contribution >= 4 is 21.9 Å². The quantitative estimate of drug-likeness (QED) is 0.241. The molecule has 2 heteroatoms. The Morgan fingerprint density at radius 1 is 0.528 bits per heavy atom. The monoisotopic (exact) mass is 466 g/mol. The highest BCUT2D eigenvalue weighted by molar-refractivity contribution is 6.02. The van der Waals surface area contributed by atoms with Crippen molar-refractivity contribution in [3.63, 3.8) is 0 Å². The molecule has 2 aliphatic rings. The van der Waals surface area contributed by atoms with Crippen LogP contribution in [0, 0.1) is 0 Å². The minimum atomic E-state index is -0.181. The Labute approximate surface area is 210 Å². The first kappa shape index (κ1) is 20.2. The first-order valence-electron chi connectivity index (χ1n) is 12.7. The summed E-state index contributed by atoms with van der Waals surface area (Å²) < 4.78 is 13.3. The lowest BCUT2D eigenvalue weighted by Gasteiger charge is -2.24. The molecule has 36 heavy (non-hydrogen) atoms. The van der Waals surface area contributed by atoms with Crippen LogP contribution < -0.4 is 0 Å². The molecule has 0 amide bonds. The molecule has 0 saturated carbocycles. The summed E-state index contributed by atoms with van der Waals surface area (Å²) >= 11 is 0. The highest BCUT2D eigenvalue weighted by Crippen LogP contribution is 2.59. The lowest BCUT2D eigenvalue weighted by Crippen LogP contribution is -2.17. The van der Waals surface area contributed by atoms with E-state index in [-0.39, 0.29) is 10.8 Å². The van der Waals surface area contributed by atoms with Crippen LogP contribution in [0.2, 0.25) is 0 Å². The van der Waals surface area contributed by atoms with Gasteiger partial charge in [0.2, 0.25) is 0 Å². The number of benzene rings is 4. The smallest absolute Gasteiger partial charge is 0.142 e. The summed E-state index contributed by atoms with van der Waals surface area (Å²) in [5.41, 5.74) is 11.6. The van der Waals surface area contributed by atoms with E-state index in [0.717, 1.165) is 28.2 Å². The molecule has 2 aliphatic carbocycles. The molecule has 0 unspecified atom stereocenters. The van der Waals surface area contributed by atoms with Gasteiger partial charge in [0.25, 0.3) is 0 Å². The van der Waals surface area contributed by atoms with Gasteiger partial charge in [-0.15, -0.1) is 0 Å². The third-order valence-electron chi connectivity index (χ3n) is 8.64. The first-order chi connectivity index (χ1) is 17.4. The zero-order valence-corrected chi connectivity index (χ0v) is 20.9. The molecule has 4 aromatic carbocycles. The van der Waals surface area contributed by atoms with Gasteiger partial charge >= 0.3 is 0 Å². The molecule has 0 fully saturated rings. The topological polar surface area (TPSA) is 26.3 Å². The van der Waals surface area contributed by atoms with E-state index in [2.05, 4.69) is 107 Å². The SMILES string of the molecule is CC1(C)c2cc3c(cc2-c2oc4ccccc4c21)C(C)(C)c1c-3oc2c(-c3ccccc3)cccc12. The van der Waals surface area contributed by atoms with E-state index in [4.69, 9.17) is 8.83 Å². The van der Waals surface area contributed by atoms with Crippen molar-refractivity contribution in [1.29, 1.82) is 0 Å². The minimum absolute atomic E-state index is 0.152. The summed E-state index contributed by atoms with van der Waals surface area (Å²) in [6.45, 7) is 9.29. The fourth-order valence-electron chi connectivity index (χ4n) is 6.91. The second kappa shape index (κ2) is 6.39. The molecule has 174 valence electrons. The lowest BCUT2D eigenvalue weighted by atomic mass is 9.78. The van der Waals surface area contributed by atoms with Crippen LogP contribution >= 0.6 is 0 Å². The summed E-state index contributed by atoms with van der Waals surface area (Å²) in [5.74, 6) is 2.04. The molecule has 6 aromatic rings. The van der Waals surface area contributed by atoms with Gasteiger partial charge in [-0.25, -0.2) is 0 Å². The van der Waals surface area contributed by atoms with Gasteiger partial charge < -0.3 is 8.83 Å². The highest BCUT2D eigenvalue weighted by Gasteiger charge is 2.46. The van der Waals surface area contributed by atoms with Crippen molar-refractivity contribution in [2.24, 2.45) is 0 Å². The van der Waals surface area contributed by atoms with Gasteiger partial charge in [0.05, 0.1) is 0 Å². The zero-order chi connectivity index (χ0) is 24.4. The third-order valence-corrected chi connectivity index (χ3v) is 8.64. The maximum Gasteiger partial charge on any atom is 0.142 e. The van der Waals surface area contributed by atoms with Crippen LogP contribution in [0.15, 0.2) is 93.8 Å². The van der Waals surface area contributed by atoms with Crippen molar-refractivity contribution in [3.05, 3.63) is 107 Å². The summed E-state index contributed by atoms with van der Waals surface area (Å²) in [5, 5.41) is 2.42. The Bertz CT molecular complexity index is 1880. The molecule has 2 heterocycles. The van der Waals surface area contributed by atoms with Crippen molar-refractivity contribution in [1.82, 2.24) is 0 Å². The van der Waals surface area contributed by atoms with E-state index in [9.17, 15) is 0 Å². The average Bonchev–Trinajstić information content (AvgIpc) is 3.57. The number of hydrogen-bond donors (Lipinski definition) is 0. The van der Waals surface area contributed by atoms with Crippen LogP contribution in [0.4, 0.5) is 0 Å². The fourth-order valence-corrected chi connectivity index (χ4v) is 6.91. The lowest BCUT2D eigenvalue weighted by molar-refractivity contribution is 0.617. The molecule has 0 radical (unpaired) electrons. The Kier molecular flexibility index (Phi) is 3.58. The molecule has 2 aromatic heterocycles. The minimum Gasteiger partial charge on any atom is -0.456 e. The molecular formula is C34H26O2. The van der Waals surface area contributed by atoms with Crippen molar-refractivity contribution in [2.45, 2.75) is 38.5 Å². The van der Waals surface area contributed by atoms with Gasteiger partial charge in [-0.3, -0.25) is 0 Å². The first-order valence-corrected chi connectivity index (χ1v) is 12.7. The van der Waals surface area contributed by atoms with Crippen LogP contribution in [-0.4, -0.2) is 0 Å². The summed E-state index contributed by atoms with van der Waals surface area (Å²) in [6.07, 6.45) is 0. The van der Waals surface area contributed by atoms with E-state index in [1.165, 1.54) is 49.7 Å². The number of rotatable bonds is 1. The molecule has 8 rings (SSSR count). The Morgan fingerprint density at radius 3 is 1.83 bits per heavy atom. The van der Waals surface area contributed by atoms with Gasteiger partial charge in [0.1, 0.15) is 22.7 Å². The van der Waals surface area contributed by atoms with E-state index in [0.29, 0.717) is 0 Å². The standard InChI is InChI=1S/C34H26O2/c1-33(2)25-18-24-26(17-23(25)31-28(33)21-13-8-9-16-27(21)35-31)34(3,4)29-22-15-10-14-20(30(22)36-32(24)29)19-11-6-5-7-12-19/h5-18H,1-4H3. The van der Waals surface area contributed by atoms with Gasteiger partial charge in [-0.1, -0.05) is 94.4 Å². The number of fused-ring (bicyclic) bond motifs is 10. The van der Waals surface area contributed by atoms with Gasteiger partial charge in [-0.2, -0.15) is 0 Å². The van der Waals surface area contributed by atoms with Crippen molar-refractivity contribution < 1.29 is 8.83 Å². The Morgan fingerprint density at radius 2 is 1.11 bits per heavy atom. The molecule has 0 N–H and O–H groups in total. The molecule has 2 nitrogen and oxygen atoms in total. The van der Waals surface area contributed by atoms with Crippen molar-refractivity contribution in [2.75, 3.05) is 0 Å². The third kappa shape index (κ3) is 2.28. The van der Waals surface area contributed by atoms with Crippen LogP contribution in [0.5, 0.6) is 0 Å². The van der Waals surface area contributed by atoms with Crippen LogP contribution in [0.3, 0.4) is 0 Å². The predicted molar refractivity (Wildman–Crippen MR) is 147 cm³/mol. The summed E-state index contributed by atoms with van der Waals surface area (Å²) in [6, 6.07) is 30.2. The highest BCUT2D eigenvalue weighted by atomic mass is 16.3. The summed E-state index contributed by atoms with van der Waals surface area (Å²) in [7, 11) is 0. The maximum atomic E-state index is 6.79. The molecule has 0 atom stereocenters. The molecule has 0 bridgehead atoms. The maximum absolute atomic E-state index is 6.79. The van der Waals surface area contributed by atoms with E-state index < -0.39 is 0 Å². The zero-order valence-electron chi connectivity index (χ0n) is 20.9. The largest absolute Gasteiger partial charge is 0.456 e. The predicted octanol–water partition coefficient (Wildman–Crippen LogP) is 9.46. The van der Waals surface area contributed by atoms with Crippen molar-refractivity contribution in [3.8, 4) is 33.8 Å². The molecule has 0 saturated heterocycles. The van der Waals surface area contributed by atoms with Gasteiger partial charge in [-0.05, 0) is 34.9 Å². The second-order valence-corrected chi connectivity index (χ2v) is 11.4. The van der Waals surface area contributed by atoms with E-state index >= 15 is 0 Å². The average molecular weight is 467 g/mol. The molecule has 0 spiro atoms. The Balaban J connectivity index is 1.41. The van der Waals surface area contributed by atoms with E-state index in [1.54, 1.807) is 0 Å². The van der Waals surface area contributed by atoms with Gasteiger partial charge in [0, 0.05) is 49.4 Å². The molecular weight excluding hydrogens is 440 g/mol. The number of furan rings is 2. The van der Waals surface area contributed by atoms with Crippen LogP contribution in [-0.2, 0) is 10.8 Å². The molecule has 0 aliphatic heterocycles.